The van der Waals surface area contributed by atoms with Gasteiger partial charge in [0.2, 0.25) is 11.8 Å². The lowest BCUT2D eigenvalue weighted by Crippen LogP contribution is -2.10. The second-order valence-corrected chi connectivity index (χ2v) is 34.4. The first kappa shape index (κ1) is 82.1. The summed E-state index contributed by atoms with van der Waals surface area (Å²) >= 11 is 1.88. The van der Waals surface area contributed by atoms with Crippen molar-refractivity contribution in [1.29, 1.82) is 0 Å². The summed E-state index contributed by atoms with van der Waals surface area (Å²) in [7, 11) is 0. The maximum Gasteiger partial charge on any atom is 0.227 e. The molecule has 0 aliphatic heterocycles. The van der Waals surface area contributed by atoms with Gasteiger partial charge in [0.25, 0.3) is 0 Å². The minimum Gasteiger partial charge on any atom is -0.435 e. The van der Waals surface area contributed by atoms with Gasteiger partial charge in [-0.2, -0.15) is 0 Å². The summed E-state index contributed by atoms with van der Waals surface area (Å²) in [6, 6.07) is 142. The van der Waals surface area contributed by atoms with Gasteiger partial charge < -0.3 is 13.4 Å². The molecule has 25 aromatic rings. The van der Waals surface area contributed by atoms with E-state index in [1.807, 2.05) is 242 Å². The van der Waals surface area contributed by atoms with Gasteiger partial charge in [0.1, 0.15) is 11.0 Å². The van der Waals surface area contributed by atoms with Crippen LogP contribution in [0.1, 0.15) is 41.2 Å². The molecule has 0 amide bonds. The van der Waals surface area contributed by atoms with E-state index in [2.05, 4.69) is 207 Å². The van der Waals surface area contributed by atoms with Crippen molar-refractivity contribution in [3.05, 3.63) is 418 Å². The molecule has 7 heterocycles. The van der Waals surface area contributed by atoms with E-state index in [-0.39, 0.29) is 20.3 Å². The van der Waals surface area contributed by atoms with Crippen molar-refractivity contribution in [1.82, 2.24) is 54.4 Å². The molecule has 132 heavy (non-hydrogen) atoms. The molecular weight excluding hydrogens is 1640 g/mol. The van der Waals surface area contributed by atoms with E-state index in [9.17, 15) is 0 Å². The molecule has 0 N–H and O–H groups in total. The number of nitrogens with zero attached hydrogens (tertiary/aromatic N) is 11. The van der Waals surface area contributed by atoms with Crippen LogP contribution in [-0.2, 0) is 5.41 Å². The van der Waals surface area contributed by atoms with Crippen LogP contribution in [0.4, 0.5) is 0 Å². The third-order valence-electron chi connectivity index (χ3n) is 24.1. The highest BCUT2D eigenvalue weighted by Gasteiger charge is 2.25. The summed E-state index contributed by atoms with van der Waals surface area (Å²) < 4.78 is 17.8. The lowest BCUT2D eigenvalue weighted by atomic mass is 9.86. The smallest absolute Gasteiger partial charge is 0.227 e. The second-order valence-electron chi connectivity index (χ2n) is 33.4. The van der Waals surface area contributed by atoms with E-state index in [0.29, 0.717) is 52.6 Å². The van der Waals surface area contributed by atoms with Gasteiger partial charge in [-0.25, -0.2) is 49.8 Å². The molecule has 14 heteroatoms. The SMILES string of the molecule is C.C.CC(C)(C)c1ccc2c3ccc4c5ccccc5sc4c3n(-c3ccc(-c4nc(-c5ccccc5)nc(-c5ccccc5)n4)cc3)c2c1.c1ccc(-c2cc(-c3ccccc3)nc(-c3ccc4c(ccc5ccc6nc(-c7ccccc7)oc6c54)c3)n2)cc1.c1ccc(-c2nc(-c3ccccc3)nc(-c3ccc4c(ccc5ccc6nc(-c7ccccc7)oc6c54)c3)n2)cc1. The van der Waals surface area contributed by atoms with E-state index >= 15 is 0 Å². The monoisotopic (exact) mass is 1720 g/mol. The summed E-state index contributed by atoms with van der Waals surface area (Å²) in [6.45, 7) is 6.84. The van der Waals surface area contributed by atoms with Crippen molar-refractivity contribution in [2.45, 2.75) is 41.0 Å². The molecule has 18 aromatic carbocycles. The standard InChI is InChI=1S/C43H32N4S.C37H23N3O.C36H22N4O.2CH4/c1-43(2,3)30-20-23-32-34-24-25-35-33-16-10-11-17-37(33)48-39(35)38(34)47(36(32)26-30)31-21-18-29(19-22-31)42-45-40(27-12-6-4-7-13-27)44-41(46-42)28-14-8-5-9-15-28;1-4-10-24(11-5-1)32-23-33(25-12-6-2-7-13-25)39-36(38-32)29-18-20-30-28(22-29)17-16-26-19-21-31-35(34(26)30)41-37(40-31)27-14-8-3-9-15-27;1-4-10-24(11-5-1)33-38-34(25-12-6-2-7-13-25)40-35(39-33)28-18-20-29-27(22-28)17-16-23-19-21-30-32(31(23)29)41-36(37-30)26-14-8-3-9-15-26;;/h4-26H,1-3H3;1-23H;1-22H;2*1H4. The zero-order valence-corrected chi connectivity index (χ0v) is 71.7. The molecule has 0 saturated carbocycles. The second kappa shape index (κ2) is 34.7. The lowest BCUT2D eigenvalue weighted by Gasteiger charge is -2.19. The predicted molar refractivity (Wildman–Crippen MR) is 546 cm³/mol. The number of hydrogen-bond acceptors (Lipinski definition) is 13. The maximum absolute atomic E-state index is 6.38. The Morgan fingerprint density at radius 2 is 0.583 bits per heavy atom. The minimum absolute atomic E-state index is 0. The Kier molecular flexibility index (Phi) is 21.6. The summed E-state index contributed by atoms with van der Waals surface area (Å²) in [5.41, 5.74) is 20.6. The summed E-state index contributed by atoms with van der Waals surface area (Å²) in [5, 5.41) is 13.8. The summed E-state index contributed by atoms with van der Waals surface area (Å²) in [6.07, 6.45) is 0. The highest BCUT2D eigenvalue weighted by molar-refractivity contribution is 7.26. The third-order valence-corrected chi connectivity index (χ3v) is 25.2. The van der Waals surface area contributed by atoms with Crippen molar-refractivity contribution in [2.24, 2.45) is 0 Å². The van der Waals surface area contributed by atoms with Crippen molar-refractivity contribution in [2.75, 3.05) is 0 Å². The van der Waals surface area contributed by atoms with E-state index in [1.54, 1.807) is 0 Å². The van der Waals surface area contributed by atoms with Crippen LogP contribution in [0, 0.1) is 0 Å². The van der Waals surface area contributed by atoms with Gasteiger partial charge in [-0.15, -0.1) is 11.3 Å². The molecule has 7 aromatic heterocycles. The number of fused-ring (bicyclic) bond motifs is 17. The Morgan fingerprint density at radius 3 is 1.01 bits per heavy atom. The fourth-order valence-electron chi connectivity index (χ4n) is 17.5. The van der Waals surface area contributed by atoms with E-state index in [4.69, 9.17) is 58.7 Å². The molecule has 13 nitrogen and oxygen atoms in total. The first-order valence-electron chi connectivity index (χ1n) is 43.4. The Hall–Kier alpha value is -16.9. The van der Waals surface area contributed by atoms with Crippen molar-refractivity contribution in [3.63, 3.8) is 0 Å². The molecule has 0 bridgehead atoms. The van der Waals surface area contributed by atoms with Crippen LogP contribution in [0.15, 0.2) is 421 Å². The first-order chi connectivity index (χ1) is 64.0. The zero-order valence-electron chi connectivity index (χ0n) is 70.9. The number of aromatic nitrogens is 11. The molecule has 0 aliphatic carbocycles. The quantitative estimate of drug-likeness (QED) is 0.107. The molecule has 0 unspecified atom stereocenters. The average Bonchev–Trinajstić information content (AvgIpc) is 1.55. The van der Waals surface area contributed by atoms with Crippen LogP contribution in [0.3, 0.4) is 0 Å². The molecule has 630 valence electrons. The zero-order chi connectivity index (χ0) is 86.8. The van der Waals surface area contributed by atoms with Gasteiger partial charge in [-0.3, -0.25) is 0 Å². The largest absolute Gasteiger partial charge is 0.435 e. The van der Waals surface area contributed by atoms with Gasteiger partial charge >= 0.3 is 0 Å². The summed E-state index contributed by atoms with van der Waals surface area (Å²) in [4.78, 5) is 49.1. The van der Waals surface area contributed by atoms with Crippen LogP contribution in [0.2, 0.25) is 0 Å². The highest BCUT2D eigenvalue weighted by atomic mass is 32.1. The molecule has 0 fully saturated rings. The van der Waals surface area contributed by atoms with Gasteiger partial charge in [0.15, 0.2) is 51.9 Å². The van der Waals surface area contributed by atoms with Gasteiger partial charge in [0.05, 0.1) is 27.1 Å². The molecule has 0 radical (unpaired) electrons. The Labute approximate surface area is 766 Å². The van der Waals surface area contributed by atoms with Crippen molar-refractivity contribution < 1.29 is 8.83 Å². The van der Waals surface area contributed by atoms with Crippen LogP contribution in [0.5, 0.6) is 0 Å². The normalized spacial score (nSPS) is 11.5. The Balaban J connectivity index is 0.000000119. The maximum atomic E-state index is 6.38. The van der Waals surface area contributed by atoms with Crippen LogP contribution in [-0.4, -0.2) is 54.4 Å². The number of hydrogen-bond donors (Lipinski definition) is 0. The topological polar surface area (TPSA) is 160 Å². The molecule has 0 saturated heterocycles. The fourth-order valence-corrected chi connectivity index (χ4v) is 18.7. The van der Waals surface area contributed by atoms with Crippen LogP contribution < -0.4 is 0 Å². The molecular formula is C118H85N11O2S. The third kappa shape index (κ3) is 15.6. The van der Waals surface area contributed by atoms with Gasteiger partial charge in [0, 0.05) is 104 Å². The molecule has 0 spiro atoms. The predicted octanol–water partition coefficient (Wildman–Crippen LogP) is 31.5. The lowest BCUT2D eigenvalue weighted by molar-refractivity contribution is 0.591. The number of rotatable bonds is 12. The molecule has 25 rings (SSSR count). The number of oxazole rings is 2. The van der Waals surface area contributed by atoms with Crippen LogP contribution >= 0.6 is 11.3 Å². The average molecular weight is 1720 g/mol. The van der Waals surface area contributed by atoms with Gasteiger partial charge in [-0.05, 0) is 134 Å². The van der Waals surface area contributed by atoms with Crippen LogP contribution in [0.25, 0.3) is 238 Å². The number of benzene rings is 18. The Bertz CT molecular complexity index is 8120. The molecule has 0 atom stereocenters. The first-order valence-corrected chi connectivity index (χ1v) is 44.2. The Morgan fingerprint density at radius 1 is 0.250 bits per heavy atom. The number of thiophene rings is 1. The van der Waals surface area contributed by atoms with E-state index in [0.717, 1.165) is 144 Å². The highest BCUT2D eigenvalue weighted by Crippen LogP contribution is 2.46. The fraction of sp³-hybridized carbons (Fsp3) is 0.0508. The van der Waals surface area contributed by atoms with Crippen molar-refractivity contribution in [3.8, 4) is 131 Å². The van der Waals surface area contributed by atoms with Crippen molar-refractivity contribution >= 4 is 119 Å². The molecule has 0 aliphatic rings. The van der Waals surface area contributed by atoms with E-state index in [1.165, 1.54) is 47.5 Å². The minimum atomic E-state index is 0. The summed E-state index contributed by atoms with van der Waals surface area (Å²) in [5.74, 6) is 5.82. The van der Waals surface area contributed by atoms with E-state index < -0.39 is 0 Å². The van der Waals surface area contributed by atoms with Gasteiger partial charge in [-0.1, -0.05) is 357 Å².